The minimum atomic E-state index is 0. The van der Waals surface area contributed by atoms with E-state index in [2.05, 4.69) is 20.5 Å². The van der Waals surface area contributed by atoms with Crippen molar-refractivity contribution in [3.05, 3.63) is 83.4 Å². The topological polar surface area (TPSA) is 74.4 Å². The third-order valence-electron chi connectivity index (χ3n) is 7.93. The maximum atomic E-state index is 13.5. The van der Waals surface area contributed by atoms with Crippen LogP contribution in [0, 0.1) is 18.3 Å². The molecule has 7 nitrogen and oxygen atoms in total. The molecule has 7 heterocycles. The molecule has 0 radical (unpaired) electrons. The Morgan fingerprint density at radius 3 is 2.68 bits per heavy atom. The molecular weight excluding hydrogens is 521 g/mol. The maximum absolute atomic E-state index is 13.5. The number of aromatic nitrogens is 2. The van der Waals surface area contributed by atoms with Crippen molar-refractivity contribution in [2.45, 2.75) is 31.8 Å². The van der Waals surface area contributed by atoms with E-state index in [9.17, 15) is 10.1 Å². The molecule has 38 heavy (non-hydrogen) atoms. The molecular formula is C29H27Cl2N5O2. The lowest BCUT2D eigenvalue weighted by molar-refractivity contribution is -0.122. The third kappa shape index (κ3) is 4.01. The number of ether oxygens (including phenoxy) is 1. The van der Waals surface area contributed by atoms with Crippen molar-refractivity contribution in [2.24, 2.45) is 0 Å². The number of hydrogen-bond donors (Lipinski definition) is 0. The van der Waals surface area contributed by atoms with E-state index in [1.165, 1.54) is 0 Å². The summed E-state index contributed by atoms with van der Waals surface area (Å²) in [6.45, 7) is 3.85. The van der Waals surface area contributed by atoms with Crippen LogP contribution in [0.5, 0.6) is 11.5 Å². The first-order chi connectivity index (χ1) is 17.6. The first-order valence-electron chi connectivity index (χ1n) is 12.4. The zero-order valence-electron chi connectivity index (χ0n) is 20.8. The number of anilines is 1. The van der Waals surface area contributed by atoms with Crippen LogP contribution in [0.1, 0.15) is 47.6 Å². The Labute approximate surface area is 233 Å². The van der Waals surface area contributed by atoms with Gasteiger partial charge in [0.25, 0.3) is 0 Å². The smallest absolute Gasteiger partial charge is 0.241 e. The molecule has 6 aliphatic heterocycles. The molecule has 1 fully saturated rings. The van der Waals surface area contributed by atoms with Gasteiger partial charge >= 0.3 is 0 Å². The largest absolute Gasteiger partial charge is 0.456 e. The number of nitrogens with zero attached hydrogens (tertiary/aromatic N) is 5. The molecule has 3 atom stereocenters. The number of rotatable bonds is 0. The summed E-state index contributed by atoms with van der Waals surface area (Å²) < 4.78 is 8.66. The molecule has 3 aromatic carbocycles. The molecule has 1 unspecified atom stereocenters. The van der Waals surface area contributed by atoms with Gasteiger partial charge in [-0.1, -0.05) is 24.3 Å². The highest BCUT2D eigenvalue weighted by Crippen LogP contribution is 2.42. The first-order valence-corrected chi connectivity index (χ1v) is 12.4. The van der Waals surface area contributed by atoms with E-state index in [0.29, 0.717) is 30.2 Å². The Hall–Kier alpha value is -3.57. The van der Waals surface area contributed by atoms with Gasteiger partial charge in [0.1, 0.15) is 23.4 Å². The number of nitriles is 1. The Kier molecular flexibility index (Phi) is 6.83. The Bertz CT molecular complexity index is 1590. The molecule has 1 amide bonds. The number of carbonyl (C=O) groups is 1. The Morgan fingerprint density at radius 1 is 1.03 bits per heavy atom. The van der Waals surface area contributed by atoms with Gasteiger partial charge in [0, 0.05) is 18.5 Å². The summed E-state index contributed by atoms with van der Waals surface area (Å²) in [5, 5.41) is 11.8. The van der Waals surface area contributed by atoms with Crippen LogP contribution in [0.15, 0.2) is 60.8 Å². The molecule has 0 spiro atoms. The lowest BCUT2D eigenvalue weighted by atomic mass is 9.91. The van der Waals surface area contributed by atoms with Crippen LogP contribution >= 0.6 is 24.8 Å². The van der Waals surface area contributed by atoms with Gasteiger partial charge in [0.2, 0.25) is 5.91 Å². The monoisotopic (exact) mass is 547 g/mol. The molecule has 10 rings (SSSR count). The highest BCUT2D eigenvalue weighted by atomic mass is 35.5. The van der Waals surface area contributed by atoms with E-state index in [-0.39, 0.29) is 42.8 Å². The van der Waals surface area contributed by atoms with Crippen LogP contribution in [0.25, 0.3) is 10.8 Å². The summed E-state index contributed by atoms with van der Waals surface area (Å²) in [6.07, 6.45) is 3.83. The van der Waals surface area contributed by atoms with Crippen LogP contribution in [0.3, 0.4) is 0 Å². The SMILES string of the molecule is Cc1ncc2n1[C@@H]1CC[C@H]2N2CCN(C(=O)C2)c2cccc3ccc(cc23)Oc2cc1ccc2C#N.Cl.Cl. The molecule has 1 aromatic heterocycles. The molecule has 8 bridgehead atoms. The number of amides is 1. The highest BCUT2D eigenvalue weighted by Gasteiger charge is 2.37. The van der Waals surface area contributed by atoms with Gasteiger partial charge in [0.05, 0.1) is 41.8 Å². The second kappa shape index (κ2) is 9.95. The summed E-state index contributed by atoms with van der Waals surface area (Å²) in [6, 6.07) is 20.4. The molecule has 0 saturated carbocycles. The lowest BCUT2D eigenvalue weighted by Crippen LogP contribution is -2.52. The minimum absolute atomic E-state index is 0. The molecule has 4 aromatic rings. The molecule has 9 heteroatoms. The van der Waals surface area contributed by atoms with Crippen molar-refractivity contribution in [3.8, 4) is 17.6 Å². The second-order valence-corrected chi connectivity index (χ2v) is 9.85. The average Bonchev–Trinajstić information content (AvgIpc) is 3.29. The van der Waals surface area contributed by atoms with E-state index in [4.69, 9.17) is 4.74 Å². The number of benzene rings is 3. The maximum Gasteiger partial charge on any atom is 0.241 e. The van der Waals surface area contributed by atoms with Crippen molar-refractivity contribution < 1.29 is 9.53 Å². The quantitative estimate of drug-likeness (QED) is 0.272. The predicted octanol–water partition coefficient (Wildman–Crippen LogP) is 5.94. The normalized spacial score (nSPS) is 21.3. The van der Waals surface area contributed by atoms with E-state index in [1.807, 2.05) is 72.6 Å². The standard InChI is InChI=1S/C29H25N5O2.2ClH/c1-18-31-16-27-26-10-9-24(34(18)27)20-5-6-21(15-30)28(13-20)36-22-8-7-19-3-2-4-25(23(19)14-22)33-12-11-32(26)17-29(33)35;;/h2-8,13-14,16,24,26H,9-12,17H2,1H3;2*1H/t24-,26-;;/m1../s1. The summed E-state index contributed by atoms with van der Waals surface area (Å²) in [5.74, 6) is 2.25. The number of hydrogen-bond acceptors (Lipinski definition) is 5. The molecule has 6 aliphatic rings. The number of aryl methyl sites for hydroxylation is 1. The van der Waals surface area contributed by atoms with E-state index in [0.717, 1.165) is 52.9 Å². The fourth-order valence-corrected chi connectivity index (χ4v) is 6.20. The van der Waals surface area contributed by atoms with Crippen molar-refractivity contribution in [1.29, 1.82) is 5.26 Å². The van der Waals surface area contributed by atoms with Crippen LogP contribution < -0.4 is 9.64 Å². The van der Waals surface area contributed by atoms with Gasteiger partial charge in [-0.3, -0.25) is 9.69 Å². The van der Waals surface area contributed by atoms with Crippen LogP contribution in [0.2, 0.25) is 0 Å². The average molecular weight is 548 g/mol. The second-order valence-electron chi connectivity index (χ2n) is 9.85. The van der Waals surface area contributed by atoms with Crippen molar-refractivity contribution in [3.63, 3.8) is 0 Å². The van der Waals surface area contributed by atoms with Crippen molar-refractivity contribution >= 4 is 47.2 Å². The lowest BCUT2D eigenvalue weighted by Gasteiger charge is -2.42. The van der Waals surface area contributed by atoms with E-state index in [1.54, 1.807) is 0 Å². The first kappa shape index (κ1) is 26.1. The van der Waals surface area contributed by atoms with Gasteiger partial charge < -0.3 is 14.2 Å². The summed E-state index contributed by atoms with van der Waals surface area (Å²) >= 11 is 0. The minimum Gasteiger partial charge on any atom is -0.456 e. The summed E-state index contributed by atoms with van der Waals surface area (Å²) in [7, 11) is 0. The van der Waals surface area contributed by atoms with Gasteiger partial charge in [-0.2, -0.15) is 5.26 Å². The van der Waals surface area contributed by atoms with Crippen LogP contribution in [0.4, 0.5) is 5.69 Å². The summed E-state index contributed by atoms with van der Waals surface area (Å²) in [4.78, 5) is 22.4. The van der Waals surface area contributed by atoms with Gasteiger partial charge in [-0.15, -0.1) is 24.8 Å². The fraction of sp³-hybridized carbons (Fsp3) is 0.276. The molecule has 0 aliphatic carbocycles. The summed E-state index contributed by atoms with van der Waals surface area (Å²) in [5.41, 5.74) is 3.64. The zero-order valence-corrected chi connectivity index (χ0v) is 22.5. The highest BCUT2D eigenvalue weighted by molar-refractivity contribution is 6.05. The van der Waals surface area contributed by atoms with E-state index >= 15 is 0 Å². The van der Waals surface area contributed by atoms with Crippen LogP contribution in [-0.2, 0) is 4.79 Å². The van der Waals surface area contributed by atoms with Gasteiger partial charge in [-0.05, 0) is 61.0 Å². The molecule has 0 N–H and O–H groups in total. The number of piperazine rings is 1. The third-order valence-corrected chi connectivity index (χ3v) is 7.93. The number of carbonyl (C=O) groups excluding carboxylic acids is 1. The van der Waals surface area contributed by atoms with E-state index < -0.39 is 0 Å². The fourth-order valence-electron chi connectivity index (χ4n) is 6.20. The van der Waals surface area contributed by atoms with Gasteiger partial charge in [0.15, 0.2) is 0 Å². The molecule has 194 valence electrons. The Balaban J connectivity index is 0.00000147. The van der Waals surface area contributed by atoms with Crippen molar-refractivity contribution in [1.82, 2.24) is 14.5 Å². The number of halogens is 2. The van der Waals surface area contributed by atoms with Crippen molar-refractivity contribution in [2.75, 3.05) is 24.5 Å². The zero-order chi connectivity index (χ0) is 24.4. The Morgan fingerprint density at radius 2 is 1.87 bits per heavy atom. The van der Waals surface area contributed by atoms with Gasteiger partial charge in [-0.25, -0.2) is 4.98 Å². The van der Waals surface area contributed by atoms with Crippen LogP contribution in [-0.4, -0.2) is 40.0 Å². The predicted molar refractivity (Wildman–Crippen MR) is 151 cm³/mol. The number of imidazole rings is 1. The molecule has 1 saturated heterocycles.